The SMILES string of the molecule is C#CCOC[C@@H]1O[C@H]1c1ccc(Cl)cc1. The molecule has 78 valence electrons. The third-order valence-corrected chi connectivity index (χ3v) is 2.50. The Kier molecular flexibility index (Phi) is 3.27. The molecule has 0 bridgehead atoms. The van der Waals surface area contributed by atoms with Crippen LogP contribution >= 0.6 is 11.6 Å². The van der Waals surface area contributed by atoms with Gasteiger partial charge in [-0.2, -0.15) is 0 Å². The molecule has 2 atom stereocenters. The van der Waals surface area contributed by atoms with Crippen LogP contribution in [-0.2, 0) is 9.47 Å². The largest absolute Gasteiger partial charge is 0.366 e. The molecule has 0 unspecified atom stereocenters. The van der Waals surface area contributed by atoms with Crippen LogP contribution in [0.5, 0.6) is 0 Å². The Bertz CT molecular complexity index is 366. The van der Waals surface area contributed by atoms with Crippen LogP contribution in [0.2, 0.25) is 5.02 Å². The molecule has 0 saturated carbocycles. The lowest BCUT2D eigenvalue weighted by Crippen LogP contribution is -2.02. The van der Waals surface area contributed by atoms with Crippen LogP contribution in [0.3, 0.4) is 0 Å². The van der Waals surface area contributed by atoms with Crippen molar-refractivity contribution >= 4 is 11.6 Å². The number of hydrogen-bond acceptors (Lipinski definition) is 2. The van der Waals surface area contributed by atoms with Crippen LogP contribution in [-0.4, -0.2) is 19.3 Å². The number of halogens is 1. The molecule has 15 heavy (non-hydrogen) atoms. The van der Waals surface area contributed by atoms with Gasteiger partial charge < -0.3 is 9.47 Å². The van der Waals surface area contributed by atoms with Gasteiger partial charge in [-0.15, -0.1) is 6.42 Å². The van der Waals surface area contributed by atoms with Crippen LogP contribution in [0.25, 0.3) is 0 Å². The van der Waals surface area contributed by atoms with E-state index >= 15 is 0 Å². The first-order chi connectivity index (χ1) is 7.31. The summed E-state index contributed by atoms with van der Waals surface area (Å²) in [5.74, 6) is 2.42. The van der Waals surface area contributed by atoms with Crippen molar-refractivity contribution in [3.05, 3.63) is 34.9 Å². The van der Waals surface area contributed by atoms with Crippen molar-refractivity contribution in [1.29, 1.82) is 0 Å². The molecule has 1 saturated heterocycles. The van der Waals surface area contributed by atoms with E-state index in [2.05, 4.69) is 5.92 Å². The van der Waals surface area contributed by atoms with Crippen LogP contribution < -0.4 is 0 Å². The molecule has 1 fully saturated rings. The first-order valence-electron chi connectivity index (χ1n) is 4.73. The number of benzene rings is 1. The van der Waals surface area contributed by atoms with Crippen LogP contribution in [0, 0.1) is 12.3 Å². The molecular formula is C12H11ClO2. The molecule has 3 heteroatoms. The van der Waals surface area contributed by atoms with Crippen molar-refractivity contribution in [1.82, 2.24) is 0 Å². The molecule has 1 aromatic carbocycles. The van der Waals surface area contributed by atoms with Gasteiger partial charge in [-0.25, -0.2) is 0 Å². The summed E-state index contributed by atoms with van der Waals surface area (Å²) in [6.07, 6.45) is 5.34. The van der Waals surface area contributed by atoms with Crippen LogP contribution in [0.15, 0.2) is 24.3 Å². The number of hydrogen-bond donors (Lipinski definition) is 0. The molecule has 0 N–H and O–H groups in total. The number of terminal acetylenes is 1. The van der Waals surface area contributed by atoms with Crippen LogP contribution in [0.4, 0.5) is 0 Å². The molecule has 1 aliphatic heterocycles. The summed E-state index contributed by atoms with van der Waals surface area (Å²) in [4.78, 5) is 0. The Hall–Kier alpha value is -1.01. The van der Waals surface area contributed by atoms with Crippen molar-refractivity contribution < 1.29 is 9.47 Å². The van der Waals surface area contributed by atoms with E-state index in [0.29, 0.717) is 13.2 Å². The average molecular weight is 223 g/mol. The Balaban J connectivity index is 1.83. The summed E-state index contributed by atoms with van der Waals surface area (Å²) >= 11 is 5.79. The molecule has 1 aromatic rings. The van der Waals surface area contributed by atoms with E-state index in [4.69, 9.17) is 27.5 Å². The summed E-state index contributed by atoms with van der Waals surface area (Å²) in [7, 11) is 0. The molecule has 0 spiro atoms. The van der Waals surface area contributed by atoms with Crippen molar-refractivity contribution in [3.8, 4) is 12.3 Å². The van der Waals surface area contributed by atoms with E-state index in [-0.39, 0.29) is 12.2 Å². The molecule has 0 aliphatic carbocycles. The molecule has 2 nitrogen and oxygen atoms in total. The van der Waals surface area contributed by atoms with E-state index < -0.39 is 0 Å². The first kappa shape index (κ1) is 10.5. The normalized spacial score (nSPS) is 23.5. The minimum absolute atomic E-state index is 0.138. The molecule has 0 amide bonds. The quantitative estimate of drug-likeness (QED) is 0.443. The second-order valence-electron chi connectivity index (χ2n) is 3.37. The second kappa shape index (κ2) is 4.67. The lowest BCUT2D eigenvalue weighted by molar-refractivity contribution is 0.145. The van der Waals surface area contributed by atoms with E-state index in [1.807, 2.05) is 24.3 Å². The highest BCUT2D eigenvalue weighted by Crippen LogP contribution is 2.38. The third kappa shape index (κ3) is 2.73. The zero-order valence-corrected chi connectivity index (χ0v) is 8.91. The number of epoxide rings is 1. The molecule has 1 heterocycles. The smallest absolute Gasteiger partial charge is 0.112 e. The predicted octanol–water partition coefficient (Wildman–Crippen LogP) is 2.43. The average Bonchev–Trinajstić information content (AvgIpc) is 2.99. The summed E-state index contributed by atoms with van der Waals surface area (Å²) in [6, 6.07) is 7.65. The molecule has 0 radical (unpaired) electrons. The Labute approximate surface area is 94.1 Å². The number of rotatable bonds is 4. The fourth-order valence-electron chi connectivity index (χ4n) is 1.45. The predicted molar refractivity (Wildman–Crippen MR) is 58.7 cm³/mol. The fourth-order valence-corrected chi connectivity index (χ4v) is 1.58. The summed E-state index contributed by atoms with van der Waals surface area (Å²) in [5, 5.41) is 0.736. The zero-order chi connectivity index (χ0) is 10.7. The lowest BCUT2D eigenvalue weighted by Gasteiger charge is -1.97. The maximum atomic E-state index is 5.79. The lowest BCUT2D eigenvalue weighted by atomic mass is 10.1. The maximum absolute atomic E-state index is 5.79. The minimum atomic E-state index is 0.138. The van der Waals surface area contributed by atoms with Crippen molar-refractivity contribution in [2.75, 3.05) is 13.2 Å². The standard InChI is InChI=1S/C12H11ClO2/c1-2-7-14-8-11-12(15-11)9-3-5-10(13)6-4-9/h1,3-6,11-12H,7-8H2/t11-,12-/m0/s1. The van der Waals surface area contributed by atoms with Gasteiger partial charge in [-0.1, -0.05) is 29.7 Å². The van der Waals surface area contributed by atoms with E-state index in [1.54, 1.807) is 0 Å². The highest BCUT2D eigenvalue weighted by atomic mass is 35.5. The summed E-state index contributed by atoms with van der Waals surface area (Å²) in [6.45, 7) is 0.894. The van der Waals surface area contributed by atoms with E-state index in [9.17, 15) is 0 Å². The van der Waals surface area contributed by atoms with Gasteiger partial charge in [0.2, 0.25) is 0 Å². The topological polar surface area (TPSA) is 21.8 Å². The third-order valence-electron chi connectivity index (χ3n) is 2.25. The van der Waals surface area contributed by atoms with Gasteiger partial charge >= 0.3 is 0 Å². The Morgan fingerprint density at radius 3 is 2.80 bits per heavy atom. The van der Waals surface area contributed by atoms with E-state index in [1.165, 1.54) is 0 Å². The van der Waals surface area contributed by atoms with Crippen molar-refractivity contribution in [2.45, 2.75) is 12.2 Å². The van der Waals surface area contributed by atoms with Gasteiger partial charge in [0.1, 0.15) is 18.8 Å². The van der Waals surface area contributed by atoms with Crippen LogP contribution in [0.1, 0.15) is 11.7 Å². The maximum Gasteiger partial charge on any atom is 0.112 e. The molecule has 1 aliphatic rings. The molecule has 2 rings (SSSR count). The van der Waals surface area contributed by atoms with Gasteiger partial charge in [0, 0.05) is 5.02 Å². The number of ether oxygens (including phenoxy) is 2. The van der Waals surface area contributed by atoms with Gasteiger partial charge in [0.15, 0.2) is 0 Å². The van der Waals surface area contributed by atoms with Gasteiger partial charge in [-0.3, -0.25) is 0 Å². The molecular weight excluding hydrogens is 212 g/mol. The molecule has 0 aromatic heterocycles. The fraction of sp³-hybridized carbons (Fsp3) is 0.333. The van der Waals surface area contributed by atoms with Crippen molar-refractivity contribution in [3.63, 3.8) is 0 Å². The first-order valence-corrected chi connectivity index (χ1v) is 5.11. The van der Waals surface area contributed by atoms with Crippen molar-refractivity contribution in [2.24, 2.45) is 0 Å². The van der Waals surface area contributed by atoms with E-state index in [0.717, 1.165) is 10.6 Å². The van der Waals surface area contributed by atoms with Gasteiger partial charge in [0.25, 0.3) is 0 Å². The highest BCUT2D eigenvalue weighted by molar-refractivity contribution is 6.30. The monoisotopic (exact) mass is 222 g/mol. The minimum Gasteiger partial charge on any atom is -0.366 e. The second-order valence-corrected chi connectivity index (χ2v) is 3.80. The summed E-state index contributed by atoms with van der Waals surface area (Å²) < 4.78 is 10.6. The Morgan fingerprint density at radius 2 is 2.13 bits per heavy atom. The zero-order valence-electron chi connectivity index (χ0n) is 8.15. The van der Waals surface area contributed by atoms with Gasteiger partial charge in [0.05, 0.1) is 6.61 Å². The van der Waals surface area contributed by atoms with Gasteiger partial charge in [-0.05, 0) is 17.7 Å². The Morgan fingerprint density at radius 1 is 1.40 bits per heavy atom. The summed E-state index contributed by atoms with van der Waals surface area (Å²) in [5.41, 5.74) is 1.13. The highest BCUT2D eigenvalue weighted by Gasteiger charge is 2.40.